The van der Waals surface area contributed by atoms with Gasteiger partial charge in [-0.25, -0.2) is 0 Å². The standard InChI is InChI=1S/C13H18O.C8H14O2.C7H14O.C5H12.C3H8.C2H6/c1-3-4-10-13(11(2)14)12-8-6-5-7-9-12;1-4-6(2)5-8(10)7(3)9;1-4-6(2)5-7(3)8;1-4-5(2)3;1-3-2;1-2/h5-9,13H,3-4,10H2,1-2H3;6H,4-5H2,1-3H3;6H,4-5H2,1-3H3;5H,4H2,1-3H3;3H2,1-2H3;1-2H3. The Morgan fingerprint density at radius 2 is 1.07 bits per heavy atom. The molecule has 0 heterocycles. The molecule has 4 heteroatoms. The van der Waals surface area contributed by atoms with Crippen molar-refractivity contribution in [2.24, 2.45) is 17.8 Å². The molecule has 0 aliphatic heterocycles. The van der Waals surface area contributed by atoms with E-state index < -0.39 is 0 Å². The Labute approximate surface area is 263 Å². The minimum absolute atomic E-state index is 0.108. The van der Waals surface area contributed by atoms with Gasteiger partial charge in [0.05, 0.1) is 0 Å². The minimum atomic E-state index is -0.319. The van der Waals surface area contributed by atoms with Crippen molar-refractivity contribution in [2.45, 2.75) is 168 Å². The van der Waals surface area contributed by atoms with Gasteiger partial charge in [0.15, 0.2) is 11.6 Å². The molecule has 42 heavy (non-hydrogen) atoms. The molecule has 0 N–H and O–H groups in total. The van der Waals surface area contributed by atoms with E-state index in [4.69, 9.17) is 0 Å². The van der Waals surface area contributed by atoms with E-state index in [0.717, 1.165) is 50.0 Å². The van der Waals surface area contributed by atoms with Crippen molar-refractivity contribution in [1.29, 1.82) is 0 Å². The summed E-state index contributed by atoms with van der Waals surface area (Å²) in [4.78, 5) is 43.1. The molecule has 1 aromatic rings. The summed E-state index contributed by atoms with van der Waals surface area (Å²) in [7, 11) is 0. The summed E-state index contributed by atoms with van der Waals surface area (Å²) in [5, 5.41) is 0. The lowest BCUT2D eigenvalue weighted by atomic mass is 9.90. The summed E-state index contributed by atoms with van der Waals surface area (Å²) in [5.74, 6) is 1.94. The summed E-state index contributed by atoms with van der Waals surface area (Å²) in [6, 6.07) is 10.1. The average Bonchev–Trinajstić information content (AvgIpc) is 2.95. The molecule has 0 bridgehead atoms. The molecule has 0 spiro atoms. The van der Waals surface area contributed by atoms with Crippen molar-refractivity contribution in [3.8, 4) is 0 Å². The Bertz CT molecular complexity index is 737. The van der Waals surface area contributed by atoms with Gasteiger partial charge >= 0.3 is 0 Å². The van der Waals surface area contributed by atoms with Crippen LogP contribution in [0, 0.1) is 17.8 Å². The summed E-state index contributed by atoms with van der Waals surface area (Å²) >= 11 is 0. The molecule has 1 rings (SSSR count). The number of ketones is 4. The summed E-state index contributed by atoms with van der Waals surface area (Å²) in [6.45, 7) is 29.9. The van der Waals surface area contributed by atoms with E-state index in [0.29, 0.717) is 24.0 Å². The Morgan fingerprint density at radius 3 is 1.33 bits per heavy atom. The van der Waals surface area contributed by atoms with Crippen molar-refractivity contribution in [1.82, 2.24) is 0 Å². The third kappa shape index (κ3) is 40.0. The first-order chi connectivity index (χ1) is 19.7. The predicted molar refractivity (Wildman–Crippen MR) is 186 cm³/mol. The number of unbranched alkanes of at least 4 members (excludes halogenated alkanes) is 1. The molecule has 0 fully saturated rings. The summed E-state index contributed by atoms with van der Waals surface area (Å²) < 4.78 is 0. The van der Waals surface area contributed by atoms with Crippen LogP contribution in [0.3, 0.4) is 0 Å². The topological polar surface area (TPSA) is 68.3 Å². The van der Waals surface area contributed by atoms with Gasteiger partial charge in [0.25, 0.3) is 0 Å². The van der Waals surface area contributed by atoms with Crippen molar-refractivity contribution >= 4 is 23.1 Å². The molecular formula is C38H72O4. The second-order valence-electron chi connectivity index (χ2n) is 11.3. The molecule has 0 saturated heterocycles. The minimum Gasteiger partial charge on any atom is -0.300 e. The molecule has 0 aliphatic carbocycles. The molecular weight excluding hydrogens is 520 g/mol. The van der Waals surface area contributed by atoms with Crippen LogP contribution in [-0.4, -0.2) is 23.1 Å². The van der Waals surface area contributed by atoms with E-state index >= 15 is 0 Å². The number of carbonyl (C=O) groups excluding carboxylic acids is 4. The molecule has 1 aromatic carbocycles. The smallest absolute Gasteiger partial charge is 0.198 e. The predicted octanol–water partition coefficient (Wildman–Crippen LogP) is 11.6. The molecule has 3 unspecified atom stereocenters. The van der Waals surface area contributed by atoms with Crippen LogP contribution in [0.25, 0.3) is 0 Å². The van der Waals surface area contributed by atoms with Crippen LogP contribution < -0.4 is 0 Å². The summed E-state index contributed by atoms with van der Waals surface area (Å²) in [6.07, 6.45) is 9.03. The van der Waals surface area contributed by atoms with Crippen molar-refractivity contribution < 1.29 is 19.2 Å². The van der Waals surface area contributed by atoms with Gasteiger partial charge in [-0.05, 0) is 43.6 Å². The van der Waals surface area contributed by atoms with Gasteiger partial charge in [0.1, 0.15) is 11.6 Å². The number of carbonyl (C=O) groups is 4. The van der Waals surface area contributed by atoms with Gasteiger partial charge in [-0.15, -0.1) is 0 Å². The van der Waals surface area contributed by atoms with Crippen molar-refractivity contribution in [3.63, 3.8) is 0 Å². The largest absolute Gasteiger partial charge is 0.300 e. The van der Waals surface area contributed by atoms with E-state index in [1.165, 1.54) is 19.8 Å². The molecule has 4 nitrogen and oxygen atoms in total. The zero-order valence-electron chi connectivity index (χ0n) is 30.7. The van der Waals surface area contributed by atoms with E-state index in [-0.39, 0.29) is 23.3 Å². The number of rotatable bonds is 13. The van der Waals surface area contributed by atoms with Crippen LogP contribution in [0.1, 0.15) is 173 Å². The third-order valence-corrected chi connectivity index (χ3v) is 6.31. The molecule has 0 amide bonds. The Hall–Kier alpha value is -2.10. The average molecular weight is 593 g/mol. The van der Waals surface area contributed by atoms with Crippen LogP contribution in [-0.2, 0) is 19.2 Å². The highest BCUT2D eigenvalue weighted by molar-refractivity contribution is 6.36. The van der Waals surface area contributed by atoms with Gasteiger partial charge in [0.2, 0.25) is 0 Å². The highest BCUT2D eigenvalue weighted by atomic mass is 16.2. The first-order valence-electron chi connectivity index (χ1n) is 16.8. The first-order valence-corrected chi connectivity index (χ1v) is 16.8. The lowest BCUT2D eigenvalue weighted by Crippen LogP contribution is -2.12. The lowest BCUT2D eigenvalue weighted by molar-refractivity contribution is -0.135. The first kappa shape index (κ1) is 49.6. The fourth-order valence-electron chi connectivity index (χ4n) is 2.94. The second-order valence-corrected chi connectivity index (χ2v) is 11.3. The fourth-order valence-corrected chi connectivity index (χ4v) is 2.94. The Balaban J connectivity index is -0.000000144. The van der Waals surface area contributed by atoms with E-state index in [9.17, 15) is 19.2 Å². The highest BCUT2D eigenvalue weighted by Crippen LogP contribution is 2.22. The van der Waals surface area contributed by atoms with Gasteiger partial charge in [0, 0.05) is 25.7 Å². The number of hydrogen-bond donors (Lipinski definition) is 0. The summed E-state index contributed by atoms with van der Waals surface area (Å²) in [5.41, 5.74) is 1.16. The lowest BCUT2D eigenvalue weighted by Gasteiger charge is -2.13. The fraction of sp³-hybridized carbons (Fsp3) is 0.737. The van der Waals surface area contributed by atoms with Crippen molar-refractivity contribution in [2.75, 3.05) is 0 Å². The number of benzene rings is 1. The zero-order chi connectivity index (χ0) is 34.1. The monoisotopic (exact) mass is 593 g/mol. The molecule has 248 valence electrons. The second kappa shape index (κ2) is 36.9. The van der Waals surface area contributed by atoms with Gasteiger partial charge in [-0.2, -0.15) is 0 Å². The van der Waals surface area contributed by atoms with Gasteiger partial charge in [-0.3, -0.25) is 14.4 Å². The Kier molecular flexibility index (Phi) is 43.6. The van der Waals surface area contributed by atoms with Crippen molar-refractivity contribution in [3.05, 3.63) is 35.9 Å². The molecule has 0 aliphatic rings. The number of hydrogen-bond acceptors (Lipinski definition) is 4. The van der Waals surface area contributed by atoms with E-state index in [1.54, 1.807) is 13.8 Å². The van der Waals surface area contributed by atoms with Crippen LogP contribution in [0.2, 0.25) is 0 Å². The SMILES string of the molecule is CC.CCC.CCC(C)C.CCC(C)CC(=O)C(C)=O.CCC(C)CC(C)=O.CCCCC(C(C)=O)c1ccccc1. The number of Topliss-reactive ketones (excluding diaryl/α,β-unsaturated/α-hetero) is 4. The van der Waals surface area contributed by atoms with Gasteiger partial charge < -0.3 is 4.79 Å². The highest BCUT2D eigenvalue weighted by Gasteiger charge is 2.15. The molecule has 0 saturated carbocycles. The maximum atomic E-state index is 11.5. The molecule has 3 atom stereocenters. The maximum Gasteiger partial charge on any atom is 0.198 e. The van der Waals surface area contributed by atoms with Crippen LogP contribution in [0.4, 0.5) is 0 Å². The maximum absolute atomic E-state index is 11.5. The van der Waals surface area contributed by atoms with E-state index in [1.807, 2.05) is 58.0 Å². The quantitative estimate of drug-likeness (QED) is 0.214. The van der Waals surface area contributed by atoms with Gasteiger partial charge in [-0.1, -0.05) is 152 Å². The Morgan fingerprint density at radius 1 is 0.667 bits per heavy atom. The molecule has 0 radical (unpaired) electrons. The van der Waals surface area contributed by atoms with Crippen LogP contribution >= 0.6 is 0 Å². The normalized spacial score (nSPS) is 11.4. The zero-order valence-corrected chi connectivity index (χ0v) is 30.7. The third-order valence-electron chi connectivity index (χ3n) is 6.31. The van der Waals surface area contributed by atoms with Crippen LogP contribution in [0.15, 0.2) is 30.3 Å². The van der Waals surface area contributed by atoms with E-state index in [2.05, 4.69) is 55.4 Å². The molecule has 0 aromatic heterocycles. The van der Waals surface area contributed by atoms with Crippen LogP contribution in [0.5, 0.6) is 0 Å².